The maximum atomic E-state index is 13.2. The van der Waals surface area contributed by atoms with Crippen LogP contribution in [0.3, 0.4) is 0 Å². The smallest absolute Gasteiger partial charge is 0.462 e. The Hall–Kier alpha value is -1.94. The Bertz CT molecular complexity index is 2100. The number of aliphatic hydroxyl groups is 1. The van der Waals surface area contributed by atoms with Crippen molar-refractivity contribution in [2.45, 2.75) is 497 Å². The van der Waals surface area contributed by atoms with Gasteiger partial charge in [-0.25, -0.2) is 9.13 Å². The lowest BCUT2D eigenvalue weighted by Crippen LogP contribution is -2.30. The first-order chi connectivity index (χ1) is 52.8. The van der Waals surface area contributed by atoms with E-state index >= 15 is 0 Å². The van der Waals surface area contributed by atoms with Crippen molar-refractivity contribution >= 4 is 39.5 Å². The van der Waals surface area contributed by atoms with Gasteiger partial charge < -0.3 is 33.8 Å². The van der Waals surface area contributed by atoms with E-state index in [9.17, 15) is 43.2 Å². The number of rotatable bonds is 88. The quantitative estimate of drug-likeness (QED) is 0.0222. The summed E-state index contributed by atoms with van der Waals surface area (Å²) in [6, 6.07) is 0. The molecule has 0 aliphatic carbocycles. The van der Waals surface area contributed by atoms with Gasteiger partial charge in [0.2, 0.25) is 0 Å². The molecule has 0 aromatic heterocycles. The fourth-order valence-corrected chi connectivity index (χ4v) is 15.6. The Morgan fingerprint density at radius 2 is 0.468 bits per heavy atom. The highest BCUT2D eigenvalue weighted by atomic mass is 31.2. The van der Waals surface area contributed by atoms with Gasteiger partial charge in [0.05, 0.1) is 26.4 Å². The third-order valence-electron chi connectivity index (χ3n) is 21.9. The Morgan fingerprint density at radius 1 is 0.266 bits per heavy atom. The van der Waals surface area contributed by atoms with Crippen LogP contribution in [-0.4, -0.2) is 96.7 Å². The number of hydrogen-bond donors (Lipinski definition) is 3. The van der Waals surface area contributed by atoms with E-state index in [-0.39, 0.29) is 25.7 Å². The summed E-state index contributed by atoms with van der Waals surface area (Å²) < 4.78 is 69.0. The molecule has 4 unspecified atom stereocenters. The fourth-order valence-electron chi connectivity index (χ4n) is 14.0. The standard InChI is InChI=1S/C90H176O17P2/c1-8-11-12-13-14-15-16-17-18-19-20-21-25-28-31-34-43-50-57-64-71-87(92)100-77-85(106-89(94)73-66-59-52-45-35-32-29-26-23-22-24-27-30-33-41-48-55-62-69-82(6)9-2)79-104-108(96,97)102-75-84(91)76-103-109(98,99)105-80-86(78-101-88(93)72-65-58-51-44-38-36-40-47-54-61-68-81(4)5)107-90(95)74-67-60-53-46-39-37-42-49-56-63-70-83(7)10-3/h81-86,91H,8-80H2,1-7H3,(H,96,97)(H,98,99)/t82?,83?,84-,85-,86-/m1/s1. The molecule has 0 heterocycles. The van der Waals surface area contributed by atoms with E-state index in [0.717, 1.165) is 108 Å². The number of phosphoric acid groups is 2. The minimum Gasteiger partial charge on any atom is -0.462 e. The number of carbonyl (C=O) groups is 4. The maximum Gasteiger partial charge on any atom is 0.472 e. The topological polar surface area (TPSA) is 237 Å². The minimum atomic E-state index is -4.97. The van der Waals surface area contributed by atoms with Gasteiger partial charge in [0, 0.05) is 25.7 Å². The summed E-state index contributed by atoms with van der Waals surface area (Å²) in [6.07, 6.45) is 72.2. The van der Waals surface area contributed by atoms with E-state index in [2.05, 4.69) is 48.5 Å². The predicted molar refractivity (Wildman–Crippen MR) is 451 cm³/mol. The van der Waals surface area contributed by atoms with Crippen molar-refractivity contribution in [3.8, 4) is 0 Å². The van der Waals surface area contributed by atoms with Crippen LogP contribution in [0.5, 0.6) is 0 Å². The van der Waals surface area contributed by atoms with Crippen molar-refractivity contribution in [1.29, 1.82) is 0 Å². The Kier molecular flexibility index (Phi) is 78.5. The van der Waals surface area contributed by atoms with E-state index in [1.54, 1.807) is 0 Å². The van der Waals surface area contributed by atoms with Gasteiger partial charge in [-0.2, -0.15) is 0 Å². The summed E-state index contributed by atoms with van der Waals surface area (Å²) in [7, 11) is -9.94. The van der Waals surface area contributed by atoms with E-state index in [4.69, 9.17) is 37.0 Å². The molecule has 7 atom stereocenters. The molecule has 3 N–H and O–H groups in total. The molecule has 0 aliphatic heterocycles. The summed E-state index contributed by atoms with van der Waals surface area (Å²) >= 11 is 0. The van der Waals surface area contributed by atoms with Crippen LogP contribution in [0.25, 0.3) is 0 Å². The van der Waals surface area contributed by atoms with Crippen molar-refractivity contribution in [1.82, 2.24) is 0 Å². The van der Waals surface area contributed by atoms with E-state index in [0.29, 0.717) is 25.7 Å². The number of ether oxygens (including phenoxy) is 4. The van der Waals surface area contributed by atoms with Gasteiger partial charge in [-0.3, -0.25) is 37.3 Å². The van der Waals surface area contributed by atoms with Gasteiger partial charge in [-0.15, -0.1) is 0 Å². The molecule has 0 bridgehead atoms. The Labute approximate surface area is 670 Å². The molecule has 0 radical (unpaired) electrons. The predicted octanol–water partition coefficient (Wildman–Crippen LogP) is 27.6. The highest BCUT2D eigenvalue weighted by Gasteiger charge is 2.31. The van der Waals surface area contributed by atoms with Gasteiger partial charge in [-0.1, -0.05) is 427 Å². The third-order valence-corrected chi connectivity index (χ3v) is 23.8. The summed E-state index contributed by atoms with van der Waals surface area (Å²) in [5, 5.41) is 10.7. The fraction of sp³-hybridized carbons (Fsp3) is 0.956. The molecule has 0 rings (SSSR count). The van der Waals surface area contributed by atoms with Crippen LogP contribution in [0.15, 0.2) is 0 Å². The number of phosphoric ester groups is 2. The molecule has 0 spiro atoms. The molecule has 0 aromatic carbocycles. The first kappa shape index (κ1) is 107. The van der Waals surface area contributed by atoms with Gasteiger partial charge >= 0.3 is 39.5 Å². The molecule has 648 valence electrons. The second-order valence-electron chi connectivity index (χ2n) is 33.3. The summed E-state index contributed by atoms with van der Waals surface area (Å²) in [5.41, 5.74) is 0. The number of unbranched alkanes of at least 4 members (excludes halogenated alkanes) is 54. The van der Waals surface area contributed by atoms with Crippen LogP contribution in [0.2, 0.25) is 0 Å². The van der Waals surface area contributed by atoms with Crippen LogP contribution in [0, 0.1) is 17.8 Å². The van der Waals surface area contributed by atoms with E-state index in [1.165, 1.54) is 289 Å². The summed E-state index contributed by atoms with van der Waals surface area (Å²) in [4.78, 5) is 73.4. The molecular weight excluding hydrogens is 1410 g/mol. The van der Waals surface area contributed by atoms with Crippen LogP contribution >= 0.6 is 15.6 Å². The summed E-state index contributed by atoms with van der Waals surface area (Å²) in [5.74, 6) is 0.332. The second kappa shape index (κ2) is 79.9. The van der Waals surface area contributed by atoms with Gasteiger partial charge in [0.25, 0.3) is 0 Å². The monoisotopic (exact) mass is 1590 g/mol. The lowest BCUT2D eigenvalue weighted by molar-refractivity contribution is -0.161. The highest BCUT2D eigenvalue weighted by Crippen LogP contribution is 2.45. The van der Waals surface area contributed by atoms with Gasteiger partial charge in [0.15, 0.2) is 12.2 Å². The summed E-state index contributed by atoms with van der Waals surface area (Å²) in [6.45, 7) is 12.1. The number of esters is 4. The molecule has 0 aliphatic rings. The maximum absolute atomic E-state index is 13.2. The van der Waals surface area contributed by atoms with Crippen LogP contribution < -0.4 is 0 Å². The van der Waals surface area contributed by atoms with E-state index < -0.39 is 97.5 Å². The van der Waals surface area contributed by atoms with Crippen LogP contribution in [0.4, 0.5) is 0 Å². The average Bonchev–Trinajstić information content (AvgIpc) is 0.901. The van der Waals surface area contributed by atoms with Crippen molar-refractivity contribution in [3.05, 3.63) is 0 Å². The van der Waals surface area contributed by atoms with Crippen molar-refractivity contribution in [2.24, 2.45) is 17.8 Å². The number of hydrogen-bond acceptors (Lipinski definition) is 15. The highest BCUT2D eigenvalue weighted by molar-refractivity contribution is 7.47. The minimum absolute atomic E-state index is 0.106. The van der Waals surface area contributed by atoms with Gasteiger partial charge in [0.1, 0.15) is 19.3 Å². The van der Waals surface area contributed by atoms with Crippen molar-refractivity contribution < 1.29 is 80.2 Å². The molecule has 17 nitrogen and oxygen atoms in total. The first-order valence-corrected chi connectivity index (χ1v) is 49.4. The van der Waals surface area contributed by atoms with Crippen molar-refractivity contribution in [2.75, 3.05) is 39.6 Å². The largest absolute Gasteiger partial charge is 0.472 e. The zero-order valence-electron chi connectivity index (χ0n) is 72.0. The normalized spacial score (nSPS) is 14.3. The van der Waals surface area contributed by atoms with E-state index in [1.807, 2.05) is 0 Å². The molecule has 0 saturated heterocycles. The lowest BCUT2D eigenvalue weighted by Gasteiger charge is -2.21. The molecule has 109 heavy (non-hydrogen) atoms. The molecular formula is C90H176O17P2. The molecule has 0 amide bonds. The molecule has 0 fully saturated rings. The van der Waals surface area contributed by atoms with Gasteiger partial charge in [-0.05, 0) is 43.4 Å². The second-order valence-corrected chi connectivity index (χ2v) is 36.2. The Balaban J connectivity index is 5.25. The SMILES string of the molecule is CCCCCCCCCCCCCCCCCCCCCCC(=O)OC[C@H](COP(=O)(O)OC[C@@H](O)COP(=O)(O)OC[C@@H](COC(=O)CCCCCCCCCCCCC(C)C)OC(=O)CCCCCCCCCCCCC(C)CC)OC(=O)CCCCCCCCCCCCCCCCCCCCC(C)CC. The molecule has 0 aromatic rings. The zero-order valence-corrected chi connectivity index (χ0v) is 73.8. The van der Waals surface area contributed by atoms with Crippen molar-refractivity contribution in [3.63, 3.8) is 0 Å². The Morgan fingerprint density at radius 3 is 0.697 bits per heavy atom. The third kappa shape index (κ3) is 81.0. The zero-order chi connectivity index (χ0) is 80.0. The lowest BCUT2D eigenvalue weighted by atomic mass is 9.99. The van der Waals surface area contributed by atoms with Crippen LogP contribution in [-0.2, 0) is 65.4 Å². The molecule has 19 heteroatoms. The first-order valence-electron chi connectivity index (χ1n) is 46.4. The molecule has 0 saturated carbocycles. The average molecular weight is 1590 g/mol. The number of aliphatic hydroxyl groups excluding tert-OH is 1. The van der Waals surface area contributed by atoms with Crippen LogP contribution in [0.1, 0.15) is 479 Å². The number of carbonyl (C=O) groups excluding carboxylic acids is 4.